The third-order valence-corrected chi connectivity index (χ3v) is 4.75. The molecule has 2 amide bonds. The highest BCUT2D eigenvalue weighted by atomic mass is 19.1. The van der Waals surface area contributed by atoms with Crippen LogP contribution in [0.25, 0.3) is 0 Å². The van der Waals surface area contributed by atoms with E-state index in [0.29, 0.717) is 16.9 Å². The van der Waals surface area contributed by atoms with E-state index in [1.165, 1.54) is 23.1 Å². The van der Waals surface area contributed by atoms with Gasteiger partial charge >= 0.3 is 18.0 Å². The Morgan fingerprint density at radius 1 is 1.17 bits per heavy atom. The fraction of sp³-hybridized carbons (Fsp3) is 0.227. The smallest absolute Gasteiger partial charge is 0.338 e. The number of allylic oxidation sites excluding steroid dienone is 1. The van der Waals surface area contributed by atoms with E-state index < -0.39 is 29.8 Å². The second-order valence-corrected chi connectivity index (χ2v) is 6.70. The summed E-state index contributed by atoms with van der Waals surface area (Å²) in [6, 6.07) is 10.7. The van der Waals surface area contributed by atoms with Gasteiger partial charge in [-0.25, -0.2) is 14.0 Å². The molecule has 0 radical (unpaired) electrons. The number of rotatable bonds is 6. The number of carboxylic acids is 1. The van der Waals surface area contributed by atoms with Crippen LogP contribution in [0.4, 0.5) is 14.9 Å². The summed E-state index contributed by atoms with van der Waals surface area (Å²) in [4.78, 5) is 37.8. The molecule has 0 bridgehead atoms. The molecule has 3 rings (SSSR count). The van der Waals surface area contributed by atoms with Crippen LogP contribution in [-0.4, -0.2) is 29.7 Å². The Morgan fingerprint density at radius 2 is 1.83 bits per heavy atom. The highest BCUT2D eigenvalue weighted by Crippen LogP contribution is 2.35. The van der Waals surface area contributed by atoms with Crippen LogP contribution in [0.1, 0.15) is 31.0 Å². The summed E-state index contributed by atoms with van der Waals surface area (Å²) in [5.41, 5.74) is 1.59. The number of hydrogen-bond acceptors (Lipinski definition) is 4. The number of carbonyl (C=O) groups is 3. The van der Waals surface area contributed by atoms with Gasteiger partial charge in [-0.3, -0.25) is 9.69 Å². The number of hydrogen-bond donors (Lipinski definition) is 2. The number of esters is 1. The van der Waals surface area contributed by atoms with Gasteiger partial charge in [0, 0.05) is 11.3 Å². The van der Waals surface area contributed by atoms with Crippen LogP contribution in [0.15, 0.2) is 59.8 Å². The number of ether oxygens (including phenoxy) is 1. The van der Waals surface area contributed by atoms with E-state index in [1.54, 1.807) is 44.2 Å². The Morgan fingerprint density at radius 3 is 2.43 bits per heavy atom. The molecule has 2 aromatic rings. The molecule has 1 aliphatic rings. The number of amides is 2. The summed E-state index contributed by atoms with van der Waals surface area (Å²) in [6.07, 6.45) is -0.148. The molecule has 2 N–H and O–H groups in total. The van der Waals surface area contributed by atoms with Crippen LogP contribution in [0.2, 0.25) is 0 Å². The van der Waals surface area contributed by atoms with Gasteiger partial charge in [0.05, 0.1) is 30.3 Å². The number of aliphatic carboxylic acids is 1. The van der Waals surface area contributed by atoms with Crippen molar-refractivity contribution >= 4 is 23.7 Å². The monoisotopic (exact) mass is 412 g/mol. The third-order valence-electron chi connectivity index (χ3n) is 4.75. The van der Waals surface area contributed by atoms with Gasteiger partial charge in [0.15, 0.2) is 0 Å². The maximum atomic E-state index is 14.4. The predicted molar refractivity (Wildman–Crippen MR) is 107 cm³/mol. The maximum Gasteiger partial charge on any atom is 0.338 e. The SMILES string of the molecule is CCOC(=O)C1=C(C)N(c2ccc(CC(=O)O)cc2)C(=O)NC1c1ccccc1F. The average Bonchev–Trinajstić information content (AvgIpc) is 2.69. The molecule has 1 heterocycles. The average molecular weight is 412 g/mol. The summed E-state index contributed by atoms with van der Waals surface area (Å²) in [7, 11) is 0. The number of nitrogens with one attached hydrogen (secondary N) is 1. The molecule has 1 aliphatic heterocycles. The highest BCUT2D eigenvalue weighted by molar-refractivity contribution is 6.03. The fourth-order valence-corrected chi connectivity index (χ4v) is 3.41. The lowest BCUT2D eigenvalue weighted by atomic mass is 9.94. The third kappa shape index (κ3) is 4.17. The van der Waals surface area contributed by atoms with Crippen molar-refractivity contribution in [3.05, 3.63) is 76.7 Å². The van der Waals surface area contributed by atoms with Crippen LogP contribution < -0.4 is 10.2 Å². The largest absolute Gasteiger partial charge is 0.481 e. The Labute approximate surface area is 172 Å². The lowest BCUT2D eigenvalue weighted by Gasteiger charge is -2.35. The van der Waals surface area contributed by atoms with Crippen molar-refractivity contribution in [2.24, 2.45) is 0 Å². The van der Waals surface area contributed by atoms with Crippen LogP contribution in [0, 0.1) is 5.82 Å². The van der Waals surface area contributed by atoms with Gasteiger partial charge in [0.2, 0.25) is 0 Å². The number of anilines is 1. The number of halogens is 1. The minimum atomic E-state index is -1.000. The molecule has 0 saturated heterocycles. The van der Waals surface area contributed by atoms with E-state index in [1.807, 2.05) is 0 Å². The normalized spacial score (nSPS) is 16.3. The zero-order valence-electron chi connectivity index (χ0n) is 16.5. The number of carboxylic acid groups (broad SMARTS) is 1. The van der Waals surface area contributed by atoms with Gasteiger partial charge < -0.3 is 15.2 Å². The van der Waals surface area contributed by atoms with E-state index in [0.717, 1.165) is 0 Å². The second-order valence-electron chi connectivity index (χ2n) is 6.70. The van der Waals surface area contributed by atoms with Crippen LogP contribution in [-0.2, 0) is 20.7 Å². The van der Waals surface area contributed by atoms with Crippen molar-refractivity contribution < 1.29 is 28.6 Å². The van der Waals surface area contributed by atoms with E-state index in [-0.39, 0.29) is 24.2 Å². The standard InChI is InChI=1S/C22H21FN2O5/c1-3-30-21(28)19-13(2)25(15-10-8-14(9-11-15)12-18(26)27)22(29)24-20(19)16-6-4-5-7-17(16)23/h4-11,20H,3,12H2,1-2H3,(H,24,29)(H,26,27). The minimum absolute atomic E-state index is 0.121. The fourth-order valence-electron chi connectivity index (χ4n) is 3.41. The molecule has 0 spiro atoms. The molecule has 7 nitrogen and oxygen atoms in total. The summed E-state index contributed by atoms with van der Waals surface area (Å²) < 4.78 is 19.6. The number of nitrogens with zero attached hydrogens (tertiary/aromatic N) is 1. The lowest BCUT2D eigenvalue weighted by molar-refractivity contribution is -0.139. The van der Waals surface area contributed by atoms with Crippen LogP contribution in [0.3, 0.4) is 0 Å². The van der Waals surface area contributed by atoms with E-state index in [9.17, 15) is 18.8 Å². The topological polar surface area (TPSA) is 95.9 Å². The molecule has 0 aliphatic carbocycles. The predicted octanol–water partition coefficient (Wildman–Crippen LogP) is 3.56. The minimum Gasteiger partial charge on any atom is -0.481 e. The molecule has 30 heavy (non-hydrogen) atoms. The van der Waals surface area contributed by atoms with Crippen molar-refractivity contribution in [1.29, 1.82) is 0 Å². The van der Waals surface area contributed by atoms with E-state index >= 15 is 0 Å². The Bertz CT molecular complexity index is 1020. The number of benzene rings is 2. The molecule has 1 unspecified atom stereocenters. The quantitative estimate of drug-likeness (QED) is 0.708. The molecule has 0 fully saturated rings. The summed E-state index contributed by atoms with van der Waals surface area (Å²) >= 11 is 0. The molecular formula is C22H21FN2O5. The first-order valence-electron chi connectivity index (χ1n) is 9.37. The second kappa shape index (κ2) is 8.77. The van der Waals surface area contributed by atoms with Crippen molar-refractivity contribution in [2.75, 3.05) is 11.5 Å². The first-order valence-corrected chi connectivity index (χ1v) is 9.37. The van der Waals surface area contributed by atoms with Gasteiger partial charge in [0.25, 0.3) is 0 Å². The van der Waals surface area contributed by atoms with Gasteiger partial charge in [-0.05, 0) is 37.6 Å². The van der Waals surface area contributed by atoms with Gasteiger partial charge in [0.1, 0.15) is 5.82 Å². The Balaban J connectivity index is 2.07. The zero-order chi connectivity index (χ0) is 21.8. The van der Waals surface area contributed by atoms with Gasteiger partial charge in [-0.1, -0.05) is 30.3 Å². The lowest BCUT2D eigenvalue weighted by Crippen LogP contribution is -2.48. The van der Waals surface area contributed by atoms with Crippen LogP contribution in [0.5, 0.6) is 0 Å². The summed E-state index contributed by atoms with van der Waals surface area (Å²) in [5.74, 6) is -2.17. The molecule has 0 saturated carbocycles. The van der Waals surface area contributed by atoms with Crippen LogP contribution >= 0.6 is 0 Å². The van der Waals surface area contributed by atoms with Gasteiger partial charge in [-0.2, -0.15) is 0 Å². The summed E-state index contributed by atoms with van der Waals surface area (Å²) in [5, 5.41) is 11.6. The summed E-state index contributed by atoms with van der Waals surface area (Å²) in [6.45, 7) is 3.37. The molecule has 0 aromatic heterocycles. The number of urea groups is 1. The molecular weight excluding hydrogens is 391 g/mol. The zero-order valence-corrected chi connectivity index (χ0v) is 16.5. The van der Waals surface area contributed by atoms with Crippen molar-refractivity contribution in [2.45, 2.75) is 26.3 Å². The Kier molecular flexibility index (Phi) is 6.15. The maximum absolute atomic E-state index is 14.4. The Hall–Kier alpha value is -3.68. The molecule has 1 atom stereocenters. The van der Waals surface area contributed by atoms with Crippen molar-refractivity contribution in [1.82, 2.24) is 5.32 Å². The first-order chi connectivity index (χ1) is 14.3. The molecule has 2 aromatic carbocycles. The van der Waals surface area contributed by atoms with Crippen molar-refractivity contribution in [3.8, 4) is 0 Å². The van der Waals surface area contributed by atoms with E-state index in [4.69, 9.17) is 9.84 Å². The first kappa shape index (κ1) is 21.0. The molecule has 8 heteroatoms. The highest BCUT2D eigenvalue weighted by Gasteiger charge is 2.38. The van der Waals surface area contributed by atoms with Crippen molar-refractivity contribution in [3.63, 3.8) is 0 Å². The molecule has 156 valence electrons. The number of carbonyl (C=O) groups excluding carboxylic acids is 2. The van der Waals surface area contributed by atoms with E-state index in [2.05, 4.69) is 5.32 Å². The van der Waals surface area contributed by atoms with Gasteiger partial charge in [-0.15, -0.1) is 0 Å².